The second-order valence-corrected chi connectivity index (χ2v) is 25.3. The first kappa shape index (κ1) is 74.9. The van der Waals surface area contributed by atoms with Gasteiger partial charge in [0.25, 0.3) is 0 Å². The van der Waals surface area contributed by atoms with Crippen LogP contribution < -0.4 is 0 Å². The normalized spacial score (nSPS) is 13.3. The Labute approximate surface area is 479 Å². The van der Waals surface area contributed by atoms with Gasteiger partial charge in [-0.05, 0) is 50.4 Å². The Kier molecular flexibility index (Phi) is 62.2. The van der Waals surface area contributed by atoms with Crippen molar-refractivity contribution in [2.24, 2.45) is 11.8 Å². The van der Waals surface area contributed by atoms with Crippen LogP contribution in [0.1, 0.15) is 427 Å². The Morgan fingerprint density at radius 3 is 0.539 bits per heavy atom. The van der Waals surface area contributed by atoms with Crippen LogP contribution in [0.15, 0.2) is 0 Å². The second kappa shape index (κ2) is 63.1. The lowest BCUT2D eigenvalue weighted by molar-refractivity contribution is -0.159. The SMILES string of the molecule is CCCCCCCCCCCCCCCCCCC(C)C(CCCCCCCCCCCCC)OC(=O)CCC(=O)OC(CCCCCCCCCCCCC)C(C)CCCCCCCCCCCCCCCCCC. The van der Waals surface area contributed by atoms with Crippen LogP contribution in [0.5, 0.6) is 0 Å². The molecule has 0 aliphatic heterocycles. The smallest absolute Gasteiger partial charge is 0.306 e. The predicted molar refractivity (Wildman–Crippen MR) is 338 cm³/mol. The zero-order valence-corrected chi connectivity index (χ0v) is 53.4. The molecular weight excluding hydrogens is 929 g/mol. The van der Waals surface area contributed by atoms with Crippen molar-refractivity contribution in [3.05, 3.63) is 0 Å². The van der Waals surface area contributed by atoms with Crippen LogP contribution >= 0.6 is 0 Å². The van der Waals surface area contributed by atoms with Crippen LogP contribution in [-0.4, -0.2) is 24.1 Å². The van der Waals surface area contributed by atoms with E-state index in [-0.39, 0.29) is 37.0 Å². The average Bonchev–Trinajstić information content (AvgIpc) is 3.42. The van der Waals surface area contributed by atoms with Gasteiger partial charge in [-0.1, -0.05) is 375 Å². The molecule has 76 heavy (non-hydrogen) atoms. The van der Waals surface area contributed by atoms with E-state index in [9.17, 15) is 9.59 Å². The highest BCUT2D eigenvalue weighted by Crippen LogP contribution is 2.26. The largest absolute Gasteiger partial charge is 0.462 e. The van der Waals surface area contributed by atoms with E-state index in [1.807, 2.05) is 0 Å². The molecule has 0 heterocycles. The number of ether oxygens (including phenoxy) is 2. The van der Waals surface area contributed by atoms with Crippen molar-refractivity contribution >= 4 is 11.9 Å². The van der Waals surface area contributed by atoms with Crippen LogP contribution in [0.2, 0.25) is 0 Å². The monoisotopic (exact) mass is 1070 g/mol. The first-order valence-electron chi connectivity index (χ1n) is 35.8. The van der Waals surface area contributed by atoms with Gasteiger partial charge in [0.2, 0.25) is 0 Å². The molecule has 0 spiro atoms. The third-order valence-electron chi connectivity index (χ3n) is 17.6. The van der Waals surface area contributed by atoms with Gasteiger partial charge in [-0.25, -0.2) is 0 Å². The summed E-state index contributed by atoms with van der Waals surface area (Å²) in [5, 5.41) is 0. The maximum atomic E-state index is 13.5. The van der Waals surface area contributed by atoms with E-state index in [2.05, 4.69) is 41.5 Å². The lowest BCUT2D eigenvalue weighted by atomic mass is 9.92. The Bertz CT molecular complexity index is 1030. The number of hydrogen-bond acceptors (Lipinski definition) is 4. The van der Waals surface area contributed by atoms with Crippen LogP contribution in [0.3, 0.4) is 0 Å². The Hall–Kier alpha value is -1.06. The van der Waals surface area contributed by atoms with Crippen molar-refractivity contribution in [3.63, 3.8) is 0 Å². The third kappa shape index (κ3) is 56.2. The fourth-order valence-electron chi connectivity index (χ4n) is 12.0. The van der Waals surface area contributed by atoms with Crippen LogP contribution in [-0.2, 0) is 19.1 Å². The zero-order valence-electron chi connectivity index (χ0n) is 53.4. The summed E-state index contributed by atoms with van der Waals surface area (Å²) >= 11 is 0. The predicted octanol–water partition coefficient (Wildman–Crippen LogP) is 25.6. The summed E-state index contributed by atoms with van der Waals surface area (Å²) in [5.74, 6) is 0.302. The molecule has 0 saturated carbocycles. The van der Waals surface area contributed by atoms with Gasteiger partial charge in [0.1, 0.15) is 12.2 Å². The van der Waals surface area contributed by atoms with E-state index in [1.54, 1.807) is 0 Å². The van der Waals surface area contributed by atoms with Gasteiger partial charge in [-0.2, -0.15) is 0 Å². The number of esters is 2. The number of unbranched alkanes of at least 4 members (excludes halogenated alkanes) is 50. The lowest BCUT2D eigenvalue weighted by Gasteiger charge is -2.25. The first-order chi connectivity index (χ1) is 37.4. The minimum Gasteiger partial charge on any atom is -0.462 e. The van der Waals surface area contributed by atoms with Crippen molar-refractivity contribution in [1.82, 2.24) is 0 Å². The zero-order chi connectivity index (χ0) is 55.3. The van der Waals surface area contributed by atoms with Gasteiger partial charge in [0.05, 0.1) is 12.8 Å². The molecular formula is C72H142O4. The maximum absolute atomic E-state index is 13.5. The average molecular weight is 1070 g/mol. The molecule has 4 atom stereocenters. The van der Waals surface area contributed by atoms with Gasteiger partial charge < -0.3 is 9.47 Å². The molecule has 0 amide bonds. The van der Waals surface area contributed by atoms with Gasteiger partial charge >= 0.3 is 11.9 Å². The number of hydrogen-bond donors (Lipinski definition) is 0. The Morgan fingerprint density at radius 1 is 0.224 bits per heavy atom. The van der Waals surface area contributed by atoms with E-state index in [1.165, 1.54) is 334 Å². The molecule has 4 heteroatoms. The van der Waals surface area contributed by atoms with Gasteiger partial charge in [0, 0.05) is 0 Å². The molecule has 0 aromatic carbocycles. The third-order valence-corrected chi connectivity index (χ3v) is 17.6. The van der Waals surface area contributed by atoms with E-state index in [0.717, 1.165) is 38.5 Å². The molecule has 454 valence electrons. The fraction of sp³-hybridized carbons (Fsp3) is 0.972. The standard InChI is InChI=1S/C72H142O4/c1-7-11-15-19-23-27-31-33-35-37-39-43-45-49-53-57-61-67(5)69(63-59-55-51-47-41-29-25-21-17-13-9-3)75-71(73)65-66-72(74)76-70(64-60-56-52-48-42-30-26-22-18-14-10-4)68(6)62-58-54-50-46-44-40-38-36-34-32-28-24-20-16-12-8-2/h67-70H,7-66H2,1-6H3. The molecule has 0 bridgehead atoms. The molecule has 0 aromatic heterocycles. The number of rotatable bonds is 65. The van der Waals surface area contributed by atoms with Crippen molar-refractivity contribution in [2.75, 3.05) is 0 Å². The second-order valence-electron chi connectivity index (χ2n) is 25.3. The fourth-order valence-corrected chi connectivity index (χ4v) is 12.0. The molecule has 0 radical (unpaired) electrons. The topological polar surface area (TPSA) is 52.6 Å². The summed E-state index contributed by atoms with van der Waals surface area (Å²) in [6, 6.07) is 0. The number of carbonyl (C=O) groups excluding carboxylic acids is 2. The minimum absolute atomic E-state index is 0.0491. The van der Waals surface area contributed by atoms with Crippen molar-refractivity contribution < 1.29 is 19.1 Å². The first-order valence-corrected chi connectivity index (χ1v) is 35.8. The highest BCUT2D eigenvalue weighted by molar-refractivity contribution is 5.77. The summed E-state index contributed by atoms with van der Waals surface area (Å²) in [5.41, 5.74) is 0. The maximum Gasteiger partial charge on any atom is 0.306 e. The molecule has 0 rings (SSSR count). The van der Waals surface area contributed by atoms with Crippen LogP contribution in [0.4, 0.5) is 0 Å². The highest BCUT2D eigenvalue weighted by atomic mass is 16.6. The summed E-state index contributed by atoms with van der Waals surface area (Å²) in [6.45, 7) is 13.8. The molecule has 0 aliphatic rings. The quantitative estimate of drug-likeness (QED) is 0.0450. The van der Waals surface area contributed by atoms with Crippen LogP contribution in [0.25, 0.3) is 0 Å². The van der Waals surface area contributed by atoms with E-state index < -0.39 is 0 Å². The Balaban J connectivity index is 4.98. The molecule has 0 aromatic rings. The highest BCUT2D eigenvalue weighted by Gasteiger charge is 2.24. The summed E-state index contributed by atoms with van der Waals surface area (Å²) < 4.78 is 12.6. The van der Waals surface area contributed by atoms with Crippen LogP contribution in [0, 0.1) is 11.8 Å². The molecule has 0 saturated heterocycles. The van der Waals surface area contributed by atoms with E-state index in [4.69, 9.17) is 9.47 Å². The van der Waals surface area contributed by atoms with E-state index in [0.29, 0.717) is 11.8 Å². The molecule has 0 fully saturated rings. The molecule has 0 N–H and O–H groups in total. The van der Waals surface area contributed by atoms with Crippen molar-refractivity contribution in [2.45, 2.75) is 439 Å². The molecule has 4 unspecified atom stereocenters. The Morgan fingerprint density at radius 2 is 0.368 bits per heavy atom. The van der Waals surface area contributed by atoms with Crippen molar-refractivity contribution in [3.8, 4) is 0 Å². The van der Waals surface area contributed by atoms with Gasteiger partial charge in [0.15, 0.2) is 0 Å². The van der Waals surface area contributed by atoms with Crippen molar-refractivity contribution in [1.29, 1.82) is 0 Å². The van der Waals surface area contributed by atoms with Gasteiger partial charge in [-0.3, -0.25) is 9.59 Å². The summed E-state index contributed by atoms with van der Waals surface area (Å²) in [7, 11) is 0. The molecule has 0 aliphatic carbocycles. The summed E-state index contributed by atoms with van der Waals surface area (Å²) in [4.78, 5) is 27.1. The number of carbonyl (C=O) groups is 2. The van der Waals surface area contributed by atoms with Gasteiger partial charge in [-0.15, -0.1) is 0 Å². The van der Waals surface area contributed by atoms with E-state index >= 15 is 0 Å². The lowest BCUT2D eigenvalue weighted by Crippen LogP contribution is -2.27. The molecule has 4 nitrogen and oxygen atoms in total. The summed E-state index contributed by atoms with van der Waals surface area (Å²) in [6.07, 6.45) is 77.8. The minimum atomic E-state index is -0.202.